The fraction of sp³-hybridized carbons (Fsp3) is 0.478. The van der Waals surface area contributed by atoms with Gasteiger partial charge in [-0.25, -0.2) is 14.5 Å². The molecule has 5 rings (SSSR count). The zero-order chi connectivity index (χ0) is 22.0. The summed E-state index contributed by atoms with van der Waals surface area (Å²) in [5.74, 6) is 0.764. The molecule has 0 spiro atoms. The Morgan fingerprint density at radius 3 is 2.61 bits per heavy atom. The molecule has 1 saturated heterocycles. The van der Waals surface area contributed by atoms with Gasteiger partial charge in [-0.1, -0.05) is 11.3 Å². The maximum absolute atomic E-state index is 4.91. The number of anilines is 1. The van der Waals surface area contributed by atoms with Crippen LogP contribution in [0.5, 0.6) is 0 Å². The van der Waals surface area contributed by atoms with E-state index >= 15 is 0 Å². The molecule has 0 amide bonds. The van der Waals surface area contributed by atoms with E-state index in [-0.39, 0.29) is 11.1 Å². The van der Waals surface area contributed by atoms with Crippen LogP contribution >= 0.6 is 11.3 Å². The van der Waals surface area contributed by atoms with Crippen molar-refractivity contribution in [1.29, 1.82) is 0 Å². The van der Waals surface area contributed by atoms with Crippen LogP contribution in [0.25, 0.3) is 27.1 Å². The molecular formula is C23H29N7S. The van der Waals surface area contributed by atoms with Crippen LogP contribution in [0.4, 0.5) is 5.13 Å². The molecule has 0 unspecified atom stereocenters. The van der Waals surface area contributed by atoms with Gasteiger partial charge in [0.25, 0.3) is 0 Å². The molecule has 0 aliphatic carbocycles. The van der Waals surface area contributed by atoms with Gasteiger partial charge < -0.3 is 10.2 Å². The molecule has 1 N–H and O–H groups in total. The molecule has 0 aromatic carbocycles. The number of aromatic nitrogens is 5. The van der Waals surface area contributed by atoms with Crippen molar-refractivity contribution in [2.24, 2.45) is 0 Å². The second kappa shape index (κ2) is 6.97. The summed E-state index contributed by atoms with van der Waals surface area (Å²) in [7, 11) is 2.18. The number of nitrogens with zero attached hydrogens (tertiary/aromatic N) is 6. The van der Waals surface area contributed by atoms with E-state index in [0.29, 0.717) is 6.04 Å². The zero-order valence-electron chi connectivity index (χ0n) is 19.0. The van der Waals surface area contributed by atoms with E-state index in [2.05, 4.69) is 66.1 Å². The predicted molar refractivity (Wildman–Crippen MR) is 127 cm³/mol. The summed E-state index contributed by atoms with van der Waals surface area (Å²) in [6.07, 6.45) is 6.04. The summed E-state index contributed by atoms with van der Waals surface area (Å²) in [6.45, 7) is 11.1. The average molecular weight is 436 g/mol. The monoisotopic (exact) mass is 435 g/mol. The third kappa shape index (κ3) is 3.90. The summed E-state index contributed by atoms with van der Waals surface area (Å²) in [4.78, 5) is 16.3. The maximum atomic E-state index is 4.91. The Bertz CT molecular complexity index is 1250. The van der Waals surface area contributed by atoms with Gasteiger partial charge in [-0.2, -0.15) is 5.10 Å². The molecule has 0 atom stereocenters. The standard InChI is InChI=1S/C23H29N7S/c1-14-25-20-8-7-15(13-30(20)27-14)17-9-19-18(12-24-17)26-21(31-19)29(6)16-10-22(2,3)28-23(4,5)11-16/h7-9,12-13,16,28H,10-11H2,1-6H3. The third-order valence-electron chi connectivity index (χ3n) is 6.01. The molecule has 4 aromatic rings. The summed E-state index contributed by atoms with van der Waals surface area (Å²) < 4.78 is 2.96. The highest BCUT2D eigenvalue weighted by atomic mass is 32.1. The van der Waals surface area contributed by atoms with Crippen molar-refractivity contribution in [2.45, 2.75) is 64.6 Å². The molecule has 5 heterocycles. The normalized spacial score (nSPS) is 18.6. The first-order chi connectivity index (χ1) is 14.6. The molecule has 1 aliphatic heterocycles. The second-order valence-corrected chi connectivity index (χ2v) is 11.0. The van der Waals surface area contributed by atoms with Gasteiger partial charge in [-0.05, 0) is 65.7 Å². The maximum Gasteiger partial charge on any atom is 0.186 e. The van der Waals surface area contributed by atoms with Gasteiger partial charge in [0.05, 0.1) is 16.6 Å². The van der Waals surface area contributed by atoms with Crippen LogP contribution in [0, 0.1) is 6.92 Å². The van der Waals surface area contributed by atoms with Gasteiger partial charge in [0, 0.05) is 35.9 Å². The van der Waals surface area contributed by atoms with Crippen LogP contribution in [0.15, 0.2) is 30.6 Å². The highest BCUT2D eigenvalue weighted by molar-refractivity contribution is 7.22. The van der Waals surface area contributed by atoms with Gasteiger partial charge in [0.1, 0.15) is 11.3 Å². The SMILES string of the molecule is Cc1nc2ccc(-c3cc4sc(N(C)C5CC(C)(C)NC(C)(C)C5)nc4cn3)cn2n1. The quantitative estimate of drug-likeness (QED) is 0.512. The fourth-order valence-corrected chi connectivity index (χ4v) is 5.98. The smallest absolute Gasteiger partial charge is 0.186 e. The number of thiazole rings is 1. The lowest BCUT2D eigenvalue weighted by Crippen LogP contribution is -2.61. The summed E-state index contributed by atoms with van der Waals surface area (Å²) in [6, 6.07) is 6.60. The number of nitrogens with one attached hydrogen (secondary N) is 1. The highest BCUT2D eigenvalue weighted by Gasteiger charge is 2.39. The van der Waals surface area contributed by atoms with Gasteiger partial charge in [0.15, 0.2) is 10.8 Å². The van der Waals surface area contributed by atoms with Crippen molar-refractivity contribution < 1.29 is 0 Å². The zero-order valence-corrected chi connectivity index (χ0v) is 19.8. The minimum atomic E-state index is 0.102. The van der Waals surface area contributed by atoms with E-state index in [1.165, 1.54) is 0 Å². The van der Waals surface area contributed by atoms with E-state index in [1.807, 2.05) is 36.0 Å². The number of hydrogen-bond acceptors (Lipinski definition) is 7. The second-order valence-electron chi connectivity index (χ2n) is 9.98. The first kappa shape index (κ1) is 20.3. The van der Waals surface area contributed by atoms with Crippen molar-refractivity contribution in [2.75, 3.05) is 11.9 Å². The predicted octanol–water partition coefficient (Wildman–Crippen LogP) is 4.45. The van der Waals surface area contributed by atoms with Crippen LogP contribution in [0.2, 0.25) is 0 Å². The Morgan fingerprint density at radius 1 is 1.13 bits per heavy atom. The van der Waals surface area contributed by atoms with Crippen LogP contribution in [0.1, 0.15) is 46.4 Å². The number of aryl methyl sites for hydroxylation is 1. The lowest BCUT2D eigenvalue weighted by Gasteiger charge is -2.48. The Kier molecular flexibility index (Phi) is 4.57. The number of pyridine rings is 2. The van der Waals surface area contributed by atoms with E-state index < -0.39 is 0 Å². The summed E-state index contributed by atoms with van der Waals surface area (Å²) in [5, 5.41) is 9.24. The summed E-state index contributed by atoms with van der Waals surface area (Å²) in [5.41, 5.74) is 3.93. The van der Waals surface area contributed by atoms with Crippen LogP contribution < -0.4 is 10.2 Å². The lowest BCUT2D eigenvalue weighted by molar-refractivity contribution is 0.161. The molecule has 7 nitrogen and oxygen atoms in total. The Morgan fingerprint density at radius 2 is 1.87 bits per heavy atom. The molecule has 0 bridgehead atoms. The van der Waals surface area contributed by atoms with Crippen LogP contribution in [0.3, 0.4) is 0 Å². The Labute approximate surface area is 186 Å². The van der Waals surface area contributed by atoms with Crippen molar-refractivity contribution in [3.63, 3.8) is 0 Å². The number of rotatable bonds is 3. The Balaban J connectivity index is 1.46. The van der Waals surface area contributed by atoms with Crippen molar-refractivity contribution >= 4 is 32.3 Å². The molecule has 1 aliphatic rings. The minimum Gasteiger partial charge on any atom is -0.348 e. The number of fused-ring (bicyclic) bond motifs is 2. The van der Waals surface area contributed by atoms with Gasteiger partial charge in [0.2, 0.25) is 0 Å². The average Bonchev–Trinajstić information content (AvgIpc) is 3.25. The highest BCUT2D eigenvalue weighted by Crippen LogP contribution is 2.36. The third-order valence-corrected chi connectivity index (χ3v) is 7.12. The molecule has 1 fully saturated rings. The molecular weight excluding hydrogens is 406 g/mol. The first-order valence-corrected chi connectivity index (χ1v) is 11.5. The van der Waals surface area contributed by atoms with Gasteiger partial charge in [-0.15, -0.1) is 0 Å². The van der Waals surface area contributed by atoms with Crippen LogP contribution in [-0.2, 0) is 0 Å². The summed E-state index contributed by atoms with van der Waals surface area (Å²) >= 11 is 1.74. The molecule has 31 heavy (non-hydrogen) atoms. The van der Waals surface area contributed by atoms with Crippen molar-refractivity contribution in [1.82, 2.24) is 29.9 Å². The molecule has 162 valence electrons. The topological polar surface area (TPSA) is 71.2 Å². The van der Waals surface area contributed by atoms with E-state index in [4.69, 9.17) is 4.98 Å². The fourth-order valence-electron chi connectivity index (χ4n) is 4.97. The number of hydrogen-bond donors (Lipinski definition) is 1. The van der Waals surface area contributed by atoms with Crippen molar-refractivity contribution in [3.05, 3.63) is 36.4 Å². The van der Waals surface area contributed by atoms with E-state index in [9.17, 15) is 0 Å². The number of piperidine rings is 1. The van der Waals surface area contributed by atoms with Gasteiger partial charge in [-0.3, -0.25) is 4.98 Å². The van der Waals surface area contributed by atoms with E-state index in [1.54, 1.807) is 11.3 Å². The molecule has 8 heteroatoms. The Hall–Kier alpha value is -2.58. The first-order valence-electron chi connectivity index (χ1n) is 10.7. The van der Waals surface area contributed by atoms with E-state index in [0.717, 1.165) is 50.9 Å². The minimum absolute atomic E-state index is 0.102. The largest absolute Gasteiger partial charge is 0.348 e. The lowest BCUT2D eigenvalue weighted by atomic mass is 9.79. The van der Waals surface area contributed by atoms with Crippen molar-refractivity contribution in [3.8, 4) is 11.3 Å². The molecule has 4 aromatic heterocycles. The van der Waals surface area contributed by atoms with Gasteiger partial charge >= 0.3 is 0 Å². The molecule has 0 saturated carbocycles. The van der Waals surface area contributed by atoms with Crippen LogP contribution in [-0.4, -0.2) is 48.7 Å². The molecule has 0 radical (unpaired) electrons.